The van der Waals surface area contributed by atoms with Crippen molar-refractivity contribution in [2.24, 2.45) is 5.73 Å². The van der Waals surface area contributed by atoms with Crippen LogP contribution in [0.15, 0.2) is 22.7 Å². The molecule has 0 aliphatic carbocycles. The lowest BCUT2D eigenvalue weighted by molar-refractivity contribution is 0.0804. The maximum absolute atomic E-state index is 14.5. The SMILES string of the molecule is CCCOc1sc(C(=O)CN2C3CCC2CC(c2cc(CN)ccc2F)C3)c(C)c1Br. The van der Waals surface area contributed by atoms with Crippen LogP contribution in [0.4, 0.5) is 4.39 Å². The van der Waals surface area contributed by atoms with Gasteiger partial charge in [-0.3, -0.25) is 9.69 Å². The number of rotatable bonds is 8. The lowest BCUT2D eigenvalue weighted by Crippen LogP contribution is -2.45. The molecule has 0 radical (unpaired) electrons. The molecule has 7 heteroatoms. The molecule has 3 heterocycles. The van der Waals surface area contributed by atoms with Gasteiger partial charge in [-0.15, -0.1) is 0 Å². The Balaban J connectivity index is 1.47. The summed E-state index contributed by atoms with van der Waals surface area (Å²) in [4.78, 5) is 16.3. The highest BCUT2D eigenvalue weighted by Crippen LogP contribution is 2.45. The number of piperidine rings is 1. The van der Waals surface area contributed by atoms with E-state index in [0.29, 0.717) is 31.8 Å². The lowest BCUT2D eigenvalue weighted by Gasteiger charge is -2.39. The Morgan fingerprint density at radius 3 is 2.68 bits per heavy atom. The summed E-state index contributed by atoms with van der Waals surface area (Å²) in [6.45, 7) is 5.53. The predicted molar refractivity (Wildman–Crippen MR) is 127 cm³/mol. The number of nitrogens with zero attached hydrogens (tertiary/aromatic N) is 1. The molecule has 2 atom stereocenters. The number of carbonyl (C=O) groups excluding carboxylic acids is 1. The van der Waals surface area contributed by atoms with Crippen LogP contribution in [0.1, 0.15) is 71.3 Å². The quantitative estimate of drug-likeness (QED) is 0.457. The average Bonchev–Trinajstić information content (AvgIpc) is 3.16. The molecule has 2 aliphatic heterocycles. The van der Waals surface area contributed by atoms with Crippen LogP contribution in [-0.2, 0) is 6.54 Å². The third-order valence-corrected chi connectivity index (χ3v) is 9.14. The number of hydrogen-bond donors (Lipinski definition) is 1. The van der Waals surface area contributed by atoms with Crippen molar-refractivity contribution in [2.75, 3.05) is 13.2 Å². The first-order chi connectivity index (χ1) is 14.9. The zero-order chi connectivity index (χ0) is 22.1. The molecule has 2 aromatic rings. The summed E-state index contributed by atoms with van der Waals surface area (Å²) in [6, 6.07) is 5.90. The number of benzene rings is 1. The summed E-state index contributed by atoms with van der Waals surface area (Å²) in [6.07, 6.45) is 4.87. The third-order valence-electron chi connectivity index (χ3n) is 6.68. The van der Waals surface area contributed by atoms with E-state index >= 15 is 0 Å². The molecular formula is C24H30BrFN2O2S. The van der Waals surface area contributed by atoms with Crippen LogP contribution < -0.4 is 10.5 Å². The van der Waals surface area contributed by atoms with E-state index in [1.165, 1.54) is 11.3 Å². The van der Waals surface area contributed by atoms with E-state index in [4.69, 9.17) is 10.5 Å². The Hall–Kier alpha value is -1.28. The first-order valence-electron chi connectivity index (χ1n) is 11.1. The molecule has 31 heavy (non-hydrogen) atoms. The van der Waals surface area contributed by atoms with Gasteiger partial charge in [0.2, 0.25) is 0 Å². The Kier molecular flexibility index (Phi) is 7.16. The molecule has 168 valence electrons. The third kappa shape index (κ3) is 4.61. The second kappa shape index (κ2) is 9.69. The van der Waals surface area contributed by atoms with Crippen molar-refractivity contribution in [3.63, 3.8) is 0 Å². The van der Waals surface area contributed by atoms with Crippen LogP contribution >= 0.6 is 27.3 Å². The zero-order valence-corrected chi connectivity index (χ0v) is 20.5. The molecule has 0 amide bonds. The number of ketones is 1. The summed E-state index contributed by atoms with van der Waals surface area (Å²) >= 11 is 5.03. The van der Waals surface area contributed by atoms with Crippen LogP contribution in [0.3, 0.4) is 0 Å². The van der Waals surface area contributed by atoms with Gasteiger partial charge in [0.15, 0.2) is 10.8 Å². The first-order valence-corrected chi connectivity index (χ1v) is 12.7. The average molecular weight is 509 g/mol. The molecule has 2 fully saturated rings. The molecule has 2 saturated heterocycles. The van der Waals surface area contributed by atoms with E-state index < -0.39 is 0 Å². The van der Waals surface area contributed by atoms with Gasteiger partial charge in [0.1, 0.15) is 5.82 Å². The Morgan fingerprint density at radius 1 is 1.32 bits per heavy atom. The normalized spacial score (nSPS) is 23.3. The van der Waals surface area contributed by atoms with Crippen molar-refractivity contribution >= 4 is 33.0 Å². The fraction of sp³-hybridized carbons (Fsp3) is 0.542. The van der Waals surface area contributed by atoms with Gasteiger partial charge >= 0.3 is 0 Å². The predicted octanol–water partition coefficient (Wildman–Crippen LogP) is 5.80. The molecule has 2 unspecified atom stereocenters. The standard InChI is InChI=1S/C24H30BrFN2O2S/c1-3-8-30-24-22(25)14(2)23(31-24)21(29)13-28-17-5-6-18(28)11-16(10-17)19-9-15(12-27)4-7-20(19)26/h4,7,9,16-18H,3,5-6,8,10-13,27H2,1-2H3. The van der Waals surface area contributed by atoms with Crippen LogP contribution in [0.5, 0.6) is 5.06 Å². The summed E-state index contributed by atoms with van der Waals surface area (Å²) in [5.74, 6) is 0.216. The second-order valence-corrected chi connectivity index (χ2v) is 10.5. The molecule has 0 spiro atoms. The van der Waals surface area contributed by atoms with Crippen LogP contribution in [0.25, 0.3) is 0 Å². The van der Waals surface area contributed by atoms with E-state index in [2.05, 4.69) is 27.8 Å². The molecule has 1 aromatic heterocycles. The molecule has 1 aromatic carbocycles. The largest absolute Gasteiger partial charge is 0.483 e. The van der Waals surface area contributed by atoms with Gasteiger partial charge in [0.25, 0.3) is 0 Å². The van der Waals surface area contributed by atoms with Gasteiger partial charge in [0, 0.05) is 18.6 Å². The van der Waals surface area contributed by atoms with Crippen molar-refractivity contribution in [3.05, 3.63) is 50.1 Å². The van der Waals surface area contributed by atoms with Crippen LogP contribution in [-0.4, -0.2) is 35.9 Å². The number of halogens is 2. The maximum Gasteiger partial charge on any atom is 0.189 e. The number of nitrogens with two attached hydrogens (primary N) is 1. The van der Waals surface area contributed by atoms with Gasteiger partial charge in [-0.25, -0.2) is 4.39 Å². The maximum atomic E-state index is 14.5. The number of ether oxygens (including phenoxy) is 1. The summed E-state index contributed by atoms with van der Waals surface area (Å²) in [5, 5.41) is 0.791. The number of hydrogen-bond acceptors (Lipinski definition) is 5. The fourth-order valence-corrected chi connectivity index (χ4v) is 6.77. The first kappa shape index (κ1) is 22.9. The van der Waals surface area contributed by atoms with Gasteiger partial charge < -0.3 is 10.5 Å². The van der Waals surface area contributed by atoms with E-state index in [0.717, 1.165) is 63.2 Å². The Bertz CT molecular complexity index is 949. The van der Waals surface area contributed by atoms with Crippen molar-refractivity contribution in [2.45, 2.75) is 70.5 Å². The van der Waals surface area contributed by atoms with E-state index in [1.54, 1.807) is 12.1 Å². The Labute approximate surface area is 196 Å². The minimum atomic E-state index is -0.134. The Morgan fingerprint density at radius 2 is 2.03 bits per heavy atom. The lowest BCUT2D eigenvalue weighted by atomic mass is 9.84. The summed E-state index contributed by atoms with van der Waals surface area (Å²) in [5.41, 5.74) is 8.50. The van der Waals surface area contributed by atoms with Crippen molar-refractivity contribution in [1.82, 2.24) is 4.90 Å². The van der Waals surface area contributed by atoms with Crippen LogP contribution in [0, 0.1) is 12.7 Å². The fourth-order valence-electron chi connectivity index (χ4n) is 5.08. The van der Waals surface area contributed by atoms with Gasteiger partial charge in [-0.2, -0.15) is 0 Å². The highest BCUT2D eigenvalue weighted by Gasteiger charge is 2.42. The van der Waals surface area contributed by atoms with Gasteiger partial charge in [0.05, 0.1) is 22.5 Å². The van der Waals surface area contributed by atoms with Gasteiger partial charge in [-0.05, 0) is 83.6 Å². The number of Topliss-reactive ketones (excluding diaryl/α,β-unsaturated/α-hetero) is 1. The van der Waals surface area contributed by atoms with Crippen molar-refractivity contribution in [3.8, 4) is 5.06 Å². The van der Waals surface area contributed by atoms with E-state index in [-0.39, 0.29) is 17.5 Å². The molecule has 4 nitrogen and oxygen atoms in total. The van der Waals surface area contributed by atoms with Gasteiger partial charge in [-0.1, -0.05) is 30.4 Å². The van der Waals surface area contributed by atoms with E-state index in [1.807, 2.05) is 13.0 Å². The second-order valence-electron chi connectivity index (χ2n) is 8.71. The number of thiophene rings is 1. The highest BCUT2D eigenvalue weighted by molar-refractivity contribution is 9.10. The van der Waals surface area contributed by atoms with Crippen molar-refractivity contribution < 1.29 is 13.9 Å². The monoisotopic (exact) mass is 508 g/mol. The van der Waals surface area contributed by atoms with E-state index in [9.17, 15) is 9.18 Å². The molecule has 2 aliphatic rings. The minimum absolute atomic E-state index is 0.134. The smallest absolute Gasteiger partial charge is 0.189 e. The minimum Gasteiger partial charge on any atom is -0.483 e. The molecule has 4 rings (SSSR count). The molecular weight excluding hydrogens is 479 g/mol. The zero-order valence-electron chi connectivity index (χ0n) is 18.1. The molecule has 2 N–H and O–H groups in total. The summed E-state index contributed by atoms with van der Waals surface area (Å²) in [7, 11) is 0. The van der Waals surface area contributed by atoms with Crippen molar-refractivity contribution in [1.29, 1.82) is 0 Å². The molecule has 0 saturated carbocycles. The topological polar surface area (TPSA) is 55.6 Å². The van der Waals surface area contributed by atoms with Crippen LogP contribution in [0.2, 0.25) is 0 Å². The number of carbonyl (C=O) groups is 1. The number of fused-ring (bicyclic) bond motifs is 2. The highest BCUT2D eigenvalue weighted by atomic mass is 79.9. The summed E-state index contributed by atoms with van der Waals surface area (Å²) < 4.78 is 21.2. The molecule has 2 bridgehead atoms.